The fourth-order valence-corrected chi connectivity index (χ4v) is 4.40. The van der Waals surface area contributed by atoms with Crippen LogP contribution in [0.4, 0.5) is 0 Å². The third-order valence-electron chi connectivity index (χ3n) is 4.90. The Labute approximate surface area is 124 Å². The van der Waals surface area contributed by atoms with Crippen LogP contribution < -0.4 is 11.1 Å². The van der Waals surface area contributed by atoms with E-state index in [-0.39, 0.29) is 17.5 Å². The summed E-state index contributed by atoms with van der Waals surface area (Å²) in [5, 5.41) is 5.37. The van der Waals surface area contributed by atoms with E-state index in [9.17, 15) is 4.79 Å². The van der Waals surface area contributed by atoms with E-state index in [0.29, 0.717) is 12.3 Å². The van der Waals surface area contributed by atoms with Gasteiger partial charge in [0, 0.05) is 16.8 Å². The molecule has 3 N–H and O–H groups in total. The van der Waals surface area contributed by atoms with Gasteiger partial charge in [0.25, 0.3) is 0 Å². The second kappa shape index (κ2) is 5.86. The molecule has 0 saturated heterocycles. The first kappa shape index (κ1) is 14.1. The van der Waals surface area contributed by atoms with Gasteiger partial charge in [0.05, 0.1) is 6.04 Å². The van der Waals surface area contributed by atoms with Crippen molar-refractivity contribution in [2.45, 2.75) is 62.9 Å². The summed E-state index contributed by atoms with van der Waals surface area (Å²) in [6, 6.07) is 4.42. The van der Waals surface area contributed by atoms with Gasteiger partial charge < -0.3 is 11.1 Å². The zero-order valence-corrected chi connectivity index (χ0v) is 12.8. The van der Waals surface area contributed by atoms with E-state index < -0.39 is 0 Å². The van der Waals surface area contributed by atoms with E-state index in [1.54, 1.807) is 11.3 Å². The van der Waals surface area contributed by atoms with E-state index >= 15 is 0 Å². The van der Waals surface area contributed by atoms with E-state index in [1.807, 2.05) is 0 Å². The third kappa shape index (κ3) is 3.07. The lowest BCUT2D eigenvalue weighted by molar-refractivity contribution is -0.124. The van der Waals surface area contributed by atoms with Crippen molar-refractivity contribution < 1.29 is 4.79 Å². The van der Waals surface area contributed by atoms with Crippen LogP contribution in [0.3, 0.4) is 0 Å². The molecule has 0 bridgehead atoms. The van der Waals surface area contributed by atoms with Crippen molar-refractivity contribution in [2.24, 2.45) is 11.7 Å². The van der Waals surface area contributed by atoms with Gasteiger partial charge in [0.2, 0.25) is 5.91 Å². The molecule has 2 saturated carbocycles. The molecule has 1 unspecified atom stereocenters. The van der Waals surface area contributed by atoms with Crippen LogP contribution in [0.15, 0.2) is 17.5 Å². The number of nitrogens with two attached hydrogens (primary N) is 1. The zero-order chi connectivity index (χ0) is 14.0. The lowest BCUT2D eigenvalue weighted by atomic mass is 9.75. The van der Waals surface area contributed by atoms with E-state index in [1.165, 1.54) is 37.0 Å². The SMILES string of the molecule is NC1(CC(=O)NC(c2cccs2)C2CCCC2)CCC1. The maximum atomic E-state index is 12.3. The number of carbonyl (C=O) groups is 1. The monoisotopic (exact) mass is 292 g/mol. The third-order valence-corrected chi connectivity index (χ3v) is 5.85. The molecule has 0 spiro atoms. The van der Waals surface area contributed by atoms with Crippen molar-refractivity contribution in [1.29, 1.82) is 0 Å². The number of hydrogen-bond acceptors (Lipinski definition) is 3. The van der Waals surface area contributed by atoms with Crippen LogP contribution in [0.2, 0.25) is 0 Å². The molecule has 1 aromatic heterocycles. The molecule has 0 aliphatic heterocycles. The summed E-state index contributed by atoms with van der Waals surface area (Å²) in [7, 11) is 0. The summed E-state index contributed by atoms with van der Waals surface area (Å²) in [5.41, 5.74) is 5.97. The van der Waals surface area contributed by atoms with Crippen LogP contribution in [0, 0.1) is 5.92 Å². The lowest BCUT2D eigenvalue weighted by Crippen LogP contribution is -2.50. The standard InChI is InChI=1S/C16H24N2OS/c17-16(8-4-9-16)11-14(19)18-15(12-5-1-2-6-12)13-7-3-10-20-13/h3,7,10,12,15H,1-2,4-6,8-9,11,17H2,(H,18,19). The highest BCUT2D eigenvalue weighted by Gasteiger charge is 2.36. The van der Waals surface area contributed by atoms with Gasteiger partial charge in [0.15, 0.2) is 0 Å². The molecule has 1 heterocycles. The van der Waals surface area contributed by atoms with Gasteiger partial charge in [-0.3, -0.25) is 4.79 Å². The lowest BCUT2D eigenvalue weighted by Gasteiger charge is -2.38. The number of nitrogens with one attached hydrogen (secondary N) is 1. The van der Waals surface area contributed by atoms with E-state index in [2.05, 4.69) is 22.8 Å². The molecule has 3 nitrogen and oxygen atoms in total. The minimum Gasteiger partial charge on any atom is -0.348 e. The van der Waals surface area contributed by atoms with E-state index in [4.69, 9.17) is 5.73 Å². The molecule has 2 aliphatic rings. The first-order chi connectivity index (χ1) is 9.66. The number of carbonyl (C=O) groups excluding carboxylic acids is 1. The summed E-state index contributed by atoms with van der Waals surface area (Å²) < 4.78 is 0. The van der Waals surface area contributed by atoms with Gasteiger partial charge in [-0.25, -0.2) is 0 Å². The predicted octanol–water partition coefficient (Wildman–Crippen LogP) is 3.37. The van der Waals surface area contributed by atoms with Crippen molar-refractivity contribution in [3.8, 4) is 0 Å². The molecule has 1 amide bonds. The highest BCUT2D eigenvalue weighted by molar-refractivity contribution is 7.10. The Hall–Kier alpha value is -0.870. The first-order valence-corrected chi connectivity index (χ1v) is 8.66. The highest BCUT2D eigenvalue weighted by atomic mass is 32.1. The van der Waals surface area contributed by atoms with Crippen LogP contribution >= 0.6 is 11.3 Å². The molecule has 2 aliphatic carbocycles. The minimum absolute atomic E-state index is 0.137. The maximum absolute atomic E-state index is 12.3. The van der Waals surface area contributed by atoms with Crippen LogP contribution in [-0.2, 0) is 4.79 Å². The summed E-state index contributed by atoms with van der Waals surface area (Å²) in [5.74, 6) is 0.741. The zero-order valence-electron chi connectivity index (χ0n) is 11.9. The fourth-order valence-electron chi connectivity index (χ4n) is 3.53. The van der Waals surface area contributed by atoms with Crippen molar-refractivity contribution in [3.63, 3.8) is 0 Å². The molecule has 4 heteroatoms. The number of amides is 1. The van der Waals surface area contributed by atoms with Crippen LogP contribution in [0.25, 0.3) is 0 Å². The second-order valence-electron chi connectivity index (χ2n) is 6.50. The predicted molar refractivity (Wildman–Crippen MR) is 82.5 cm³/mol. The highest BCUT2D eigenvalue weighted by Crippen LogP contribution is 2.38. The van der Waals surface area contributed by atoms with Crippen LogP contribution in [-0.4, -0.2) is 11.4 Å². The fraction of sp³-hybridized carbons (Fsp3) is 0.688. The normalized spacial score (nSPS) is 23.2. The van der Waals surface area contributed by atoms with Gasteiger partial charge in [-0.15, -0.1) is 11.3 Å². The molecule has 3 rings (SSSR count). The quantitative estimate of drug-likeness (QED) is 0.874. The molecule has 2 fully saturated rings. The summed E-state index contributed by atoms with van der Waals surface area (Å²) in [6.07, 6.45) is 8.70. The van der Waals surface area contributed by atoms with Crippen molar-refractivity contribution >= 4 is 17.2 Å². The Morgan fingerprint density at radius 3 is 2.70 bits per heavy atom. The maximum Gasteiger partial charge on any atom is 0.222 e. The Bertz CT molecular complexity index is 447. The first-order valence-electron chi connectivity index (χ1n) is 7.78. The van der Waals surface area contributed by atoms with Gasteiger partial charge in [0.1, 0.15) is 0 Å². The number of rotatable bonds is 5. The van der Waals surface area contributed by atoms with Gasteiger partial charge in [-0.05, 0) is 49.5 Å². The molecule has 20 heavy (non-hydrogen) atoms. The van der Waals surface area contributed by atoms with Crippen molar-refractivity contribution in [1.82, 2.24) is 5.32 Å². The summed E-state index contributed by atoms with van der Waals surface area (Å²) in [6.45, 7) is 0. The largest absolute Gasteiger partial charge is 0.348 e. The van der Waals surface area contributed by atoms with Gasteiger partial charge in [-0.2, -0.15) is 0 Å². The smallest absolute Gasteiger partial charge is 0.222 e. The molecule has 1 atom stereocenters. The van der Waals surface area contributed by atoms with Crippen molar-refractivity contribution in [2.75, 3.05) is 0 Å². The van der Waals surface area contributed by atoms with Gasteiger partial charge >= 0.3 is 0 Å². The molecule has 0 aromatic carbocycles. The average molecular weight is 292 g/mol. The topological polar surface area (TPSA) is 55.1 Å². The summed E-state index contributed by atoms with van der Waals surface area (Å²) in [4.78, 5) is 13.6. The average Bonchev–Trinajstić information content (AvgIpc) is 3.07. The molecular formula is C16H24N2OS. The number of thiophene rings is 1. The second-order valence-corrected chi connectivity index (χ2v) is 7.48. The van der Waals surface area contributed by atoms with Gasteiger partial charge in [-0.1, -0.05) is 18.9 Å². The molecular weight excluding hydrogens is 268 g/mol. The Balaban J connectivity index is 1.65. The van der Waals surface area contributed by atoms with Crippen molar-refractivity contribution in [3.05, 3.63) is 22.4 Å². The summed E-state index contributed by atoms with van der Waals surface area (Å²) >= 11 is 1.75. The van der Waals surface area contributed by atoms with E-state index in [0.717, 1.165) is 12.8 Å². The Morgan fingerprint density at radius 2 is 2.15 bits per heavy atom. The Morgan fingerprint density at radius 1 is 1.40 bits per heavy atom. The van der Waals surface area contributed by atoms with Crippen LogP contribution in [0.5, 0.6) is 0 Å². The van der Waals surface area contributed by atoms with Crippen LogP contribution in [0.1, 0.15) is 62.3 Å². The number of hydrogen-bond donors (Lipinski definition) is 2. The molecule has 1 aromatic rings. The molecule has 0 radical (unpaired) electrons. The Kier molecular flexibility index (Phi) is 4.13. The minimum atomic E-state index is -0.222. The molecule has 110 valence electrons.